The molecule has 0 radical (unpaired) electrons. The first-order valence-electron chi connectivity index (χ1n) is 12.3. The fraction of sp³-hybridized carbons (Fsp3) is 0.214. The fourth-order valence-corrected chi connectivity index (χ4v) is 4.57. The number of tetrazole rings is 1. The van der Waals surface area contributed by atoms with Crippen LogP contribution >= 0.6 is 0 Å². The lowest BCUT2D eigenvalue weighted by Crippen LogP contribution is -2.30. The van der Waals surface area contributed by atoms with Gasteiger partial charge < -0.3 is 14.5 Å². The maximum absolute atomic E-state index is 13.3. The number of ether oxygens (including phenoxy) is 2. The van der Waals surface area contributed by atoms with Gasteiger partial charge in [0.25, 0.3) is 5.56 Å². The zero-order chi connectivity index (χ0) is 25.9. The maximum Gasteiger partial charge on any atom is 0.252 e. The van der Waals surface area contributed by atoms with E-state index in [-0.39, 0.29) is 18.2 Å². The highest BCUT2D eigenvalue weighted by atomic mass is 19.1. The summed E-state index contributed by atoms with van der Waals surface area (Å²) in [4.78, 5) is 18.2. The predicted molar refractivity (Wildman–Crippen MR) is 138 cm³/mol. The van der Waals surface area contributed by atoms with E-state index in [0.717, 1.165) is 17.4 Å². The Morgan fingerprint density at radius 1 is 0.947 bits per heavy atom. The van der Waals surface area contributed by atoms with Gasteiger partial charge in [-0.2, -0.15) is 0 Å². The molecule has 38 heavy (non-hydrogen) atoms. The van der Waals surface area contributed by atoms with Crippen molar-refractivity contribution in [2.75, 3.05) is 13.3 Å². The van der Waals surface area contributed by atoms with Crippen LogP contribution in [0, 0.1) is 5.82 Å². The second-order valence-corrected chi connectivity index (χ2v) is 9.24. The average molecular weight is 513 g/mol. The molecule has 6 rings (SSSR count). The van der Waals surface area contributed by atoms with Gasteiger partial charge in [-0.15, -0.1) is 5.10 Å². The smallest absolute Gasteiger partial charge is 0.252 e. The Labute approximate surface area is 217 Å². The number of aromatic amines is 1. The van der Waals surface area contributed by atoms with Gasteiger partial charge in [0.15, 0.2) is 17.3 Å². The van der Waals surface area contributed by atoms with E-state index in [9.17, 15) is 9.18 Å². The molecule has 5 aromatic rings. The third-order valence-corrected chi connectivity index (χ3v) is 6.58. The topological polar surface area (TPSA) is 98.2 Å². The van der Waals surface area contributed by atoms with E-state index in [4.69, 9.17) is 9.47 Å². The second-order valence-electron chi connectivity index (χ2n) is 9.24. The van der Waals surface area contributed by atoms with Gasteiger partial charge in [0.2, 0.25) is 6.79 Å². The third kappa shape index (κ3) is 5.25. The molecule has 0 spiro atoms. The number of benzene rings is 3. The molecule has 0 atom stereocenters. The molecule has 1 N–H and O–H groups in total. The minimum absolute atomic E-state index is 0.160. The average Bonchev–Trinajstić information content (AvgIpc) is 3.57. The van der Waals surface area contributed by atoms with Gasteiger partial charge >= 0.3 is 0 Å². The van der Waals surface area contributed by atoms with Crippen LogP contribution in [0.2, 0.25) is 0 Å². The first-order valence-corrected chi connectivity index (χ1v) is 12.3. The maximum atomic E-state index is 13.3. The molecule has 192 valence electrons. The lowest BCUT2D eigenvalue weighted by Gasteiger charge is -2.22. The van der Waals surface area contributed by atoms with E-state index in [1.54, 1.807) is 22.9 Å². The van der Waals surface area contributed by atoms with Crippen molar-refractivity contribution in [3.63, 3.8) is 0 Å². The Morgan fingerprint density at radius 3 is 2.55 bits per heavy atom. The highest BCUT2D eigenvalue weighted by Crippen LogP contribution is 2.35. The third-order valence-electron chi connectivity index (χ3n) is 6.58. The van der Waals surface area contributed by atoms with Crippen molar-refractivity contribution in [1.29, 1.82) is 0 Å². The number of fused-ring (bicyclic) bond motifs is 2. The summed E-state index contributed by atoms with van der Waals surface area (Å²) in [6.45, 7) is 2.10. The molecule has 0 fully saturated rings. The van der Waals surface area contributed by atoms with E-state index in [1.807, 2.05) is 30.3 Å². The zero-order valence-electron chi connectivity index (χ0n) is 20.5. The Morgan fingerprint density at radius 2 is 1.74 bits per heavy atom. The SMILES string of the molecule is O=c1[nH]c2cc3c(cc2cc1CN(CCc1ccccc1)Cc1nnnn1Cc1ccc(F)cc1)OCO3. The van der Waals surface area contributed by atoms with Crippen molar-refractivity contribution < 1.29 is 13.9 Å². The van der Waals surface area contributed by atoms with Crippen LogP contribution in [0.4, 0.5) is 4.39 Å². The van der Waals surface area contributed by atoms with E-state index in [2.05, 4.69) is 37.5 Å². The molecule has 0 unspecified atom stereocenters. The predicted octanol–water partition coefficient (Wildman–Crippen LogP) is 3.68. The number of aromatic nitrogens is 5. The second kappa shape index (κ2) is 10.4. The van der Waals surface area contributed by atoms with Gasteiger partial charge in [0.1, 0.15) is 5.82 Å². The minimum Gasteiger partial charge on any atom is -0.454 e. The van der Waals surface area contributed by atoms with Crippen LogP contribution in [0.25, 0.3) is 10.9 Å². The Balaban J connectivity index is 1.27. The Hall–Kier alpha value is -4.57. The first-order chi connectivity index (χ1) is 18.6. The number of hydrogen-bond donors (Lipinski definition) is 1. The number of H-pyrrole nitrogens is 1. The van der Waals surface area contributed by atoms with Crippen LogP contribution in [0.1, 0.15) is 22.5 Å². The molecule has 3 heterocycles. The van der Waals surface area contributed by atoms with Crippen LogP contribution in [-0.2, 0) is 26.1 Å². The van der Waals surface area contributed by atoms with Crippen molar-refractivity contribution in [1.82, 2.24) is 30.1 Å². The zero-order valence-corrected chi connectivity index (χ0v) is 20.5. The highest BCUT2D eigenvalue weighted by molar-refractivity contribution is 5.83. The fourth-order valence-electron chi connectivity index (χ4n) is 4.57. The van der Waals surface area contributed by atoms with Crippen LogP contribution < -0.4 is 15.0 Å². The van der Waals surface area contributed by atoms with Gasteiger partial charge in [-0.05, 0) is 52.2 Å². The quantitative estimate of drug-likeness (QED) is 0.322. The van der Waals surface area contributed by atoms with Crippen molar-refractivity contribution in [2.45, 2.75) is 26.1 Å². The summed E-state index contributed by atoms with van der Waals surface area (Å²) < 4.78 is 26.0. The summed E-state index contributed by atoms with van der Waals surface area (Å²) in [6.07, 6.45) is 0.796. The summed E-state index contributed by atoms with van der Waals surface area (Å²) in [5.41, 5.74) is 3.25. The summed E-state index contributed by atoms with van der Waals surface area (Å²) in [5, 5.41) is 13.1. The molecule has 3 aromatic carbocycles. The van der Waals surface area contributed by atoms with Gasteiger partial charge in [0.05, 0.1) is 18.6 Å². The molecular formula is C28H25FN6O3. The van der Waals surface area contributed by atoms with Crippen molar-refractivity contribution in [3.05, 3.63) is 111 Å². The molecule has 9 nitrogen and oxygen atoms in total. The number of pyridine rings is 1. The number of rotatable bonds is 9. The van der Waals surface area contributed by atoms with Gasteiger partial charge in [0, 0.05) is 30.1 Å². The van der Waals surface area contributed by atoms with Gasteiger partial charge in [-0.1, -0.05) is 42.5 Å². The minimum atomic E-state index is -0.289. The van der Waals surface area contributed by atoms with Crippen LogP contribution in [0.3, 0.4) is 0 Å². The van der Waals surface area contributed by atoms with Crippen molar-refractivity contribution >= 4 is 10.9 Å². The summed E-state index contributed by atoms with van der Waals surface area (Å²) in [5.74, 6) is 1.65. The summed E-state index contributed by atoms with van der Waals surface area (Å²) in [7, 11) is 0. The van der Waals surface area contributed by atoms with Crippen LogP contribution in [0.15, 0.2) is 77.6 Å². The van der Waals surface area contributed by atoms with Crippen LogP contribution in [0.5, 0.6) is 11.5 Å². The monoisotopic (exact) mass is 512 g/mol. The number of hydrogen-bond acceptors (Lipinski definition) is 7. The number of nitrogens with one attached hydrogen (secondary N) is 1. The molecule has 1 aliphatic heterocycles. The standard InChI is InChI=1S/C28H25FN6O3/c29-23-8-6-20(7-9-23)15-35-27(31-32-33-35)17-34(11-10-19-4-2-1-3-5-19)16-22-12-21-13-25-26(38-18-37-25)14-24(21)30-28(22)36/h1-9,12-14H,10-11,15-18H2,(H,30,36). The normalized spacial score (nSPS) is 12.5. The van der Waals surface area contributed by atoms with Gasteiger partial charge in [-0.25, -0.2) is 9.07 Å². The molecule has 0 aliphatic carbocycles. The molecule has 1 aliphatic rings. The summed E-state index contributed by atoms with van der Waals surface area (Å²) in [6, 6.07) is 22.0. The Kier molecular flexibility index (Phi) is 6.53. The molecule has 2 aromatic heterocycles. The van der Waals surface area contributed by atoms with E-state index in [0.29, 0.717) is 54.6 Å². The van der Waals surface area contributed by atoms with Crippen LogP contribution in [-0.4, -0.2) is 43.4 Å². The van der Waals surface area contributed by atoms with Crippen molar-refractivity contribution in [3.8, 4) is 11.5 Å². The molecule has 0 saturated heterocycles. The lowest BCUT2D eigenvalue weighted by atomic mass is 10.1. The van der Waals surface area contributed by atoms with E-state index < -0.39 is 0 Å². The Bertz CT molecular complexity index is 1620. The number of halogens is 1. The lowest BCUT2D eigenvalue weighted by molar-refractivity contribution is 0.174. The first kappa shape index (κ1) is 23.8. The molecule has 10 heteroatoms. The molecule has 0 bridgehead atoms. The van der Waals surface area contributed by atoms with E-state index >= 15 is 0 Å². The highest BCUT2D eigenvalue weighted by Gasteiger charge is 2.18. The van der Waals surface area contributed by atoms with E-state index in [1.165, 1.54) is 17.7 Å². The number of nitrogens with zero attached hydrogens (tertiary/aromatic N) is 5. The van der Waals surface area contributed by atoms with Gasteiger partial charge in [-0.3, -0.25) is 9.69 Å². The largest absolute Gasteiger partial charge is 0.454 e. The molecule has 0 saturated carbocycles. The molecule has 0 amide bonds. The summed E-state index contributed by atoms with van der Waals surface area (Å²) >= 11 is 0. The molecular weight excluding hydrogens is 487 g/mol. The van der Waals surface area contributed by atoms with Crippen molar-refractivity contribution in [2.24, 2.45) is 0 Å².